The van der Waals surface area contributed by atoms with E-state index in [0.29, 0.717) is 5.92 Å². The van der Waals surface area contributed by atoms with Gasteiger partial charge in [-0.2, -0.15) is 0 Å². The first-order valence-corrected chi connectivity index (χ1v) is 7.54. The largest absolute Gasteiger partial charge is 0.487 e. The van der Waals surface area contributed by atoms with Crippen LogP contribution in [0.4, 0.5) is 0 Å². The van der Waals surface area contributed by atoms with Crippen LogP contribution in [0.5, 0.6) is 5.75 Å². The Morgan fingerprint density at radius 3 is 3.00 bits per heavy atom. The quantitative estimate of drug-likeness (QED) is 0.777. The van der Waals surface area contributed by atoms with E-state index in [-0.39, 0.29) is 11.7 Å². The lowest BCUT2D eigenvalue weighted by Gasteiger charge is -2.45. The van der Waals surface area contributed by atoms with Gasteiger partial charge in [0, 0.05) is 16.5 Å². The highest BCUT2D eigenvalue weighted by Gasteiger charge is 2.43. The molecular formula is C15H19BrO2. The molecule has 3 atom stereocenters. The molecule has 1 aromatic carbocycles. The maximum atomic E-state index is 10.4. The minimum absolute atomic E-state index is 0.134. The lowest BCUT2D eigenvalue weighted by atomic mass is 9.74. The van der Waals surface area contributed by atoms with E-state index >= 15 is 0 Å². The highest BCUT2D eigenvalue weighted by atomic mass is 79.9. The molecule has 1 aliphatic carbocycles. The maximum Gasteiger partial charge on any atom is 0.127 e. The van der Waals surface area contributed by atoms with E-state index in [4.69, 9.17) is 4.74 Å². The number of fused-ring (bicyclic) bond motifs is 1. The zero-order valence-corrected chi connectivity index (χ0v) is 12.2. The van der Waals surface area contributed by atoms with Gasteiger partial charge in [0.05, 0.1) is 6.10 Å². The lowest BCUT2D eigenvalue weighted by molar-refractivity contribution is -0.0496. The van der Waals surface area contributed by atoms with Gasteiger partial charge in [0.2, 0.25) is 0 Å². The summed E-state index contributed by atoms with van der Waals surface area (Å²) in [5, 5.41) is 10.4. The molecule has 1 heterocycles. The van der Waals surface area contributed by atoms with Crippen molar-refractivity contribution in [3.63, 3.8) is 0 Å². The van der Waals surface area contributed by atoms with Crippen LogP contribution in [0.3, 0.4) is 0 Å². The summed E-state index contributed by atoms with van der Waals surface area (Å²) >= 11 is 3.47. The molecular weight excluding hydrogens is 292 g/mol. The number of rotatable bonds is 0. The van der Waals surface area contributed by atoms with E-state index in [1.807, 2.05) is 18.2 Å². The fraction of sp³-hybridized carbons (Fsp3) is 0.600. The van der Waals surface area contributed by atoms with Crippen LogP contribution in [0.1, 0.15) is 50.7 Å². The predicted molar refractivity (Wildman–Crippen MR) is 74.7 cm³/mol. The summed E-state index contributed by atoms with van der Waals surface area (Å²) in [4.78, 5) is 0. The second kappa shape index (κ2) is 4.53. The topological polar surface area (TPSA) is 29.5 Å². The Bertz CT molecular complexity index is 460. The number of halogens is 1. The Hall–Kier alpha value is -0.540. The molecule has 1 aliphatic heterocycles. The smallest absolute Gasteiger partial charge is 0.127 e. The van der Waals surface area contributed by atoms with Gasteiger partial charge in [0.1, 0.15) is 11.4 Å². The molecule has 3 heteroatoms. The molecule has 1 fully saturated rings. The summed E-state index contributed by atoms with van der Waals surface area (Å²) < 4.78 is 7.30. The first-order chi connectivity index (χ1) is 8.58. The van der Waals surface area contributed by atoms with Crippen molar-refractivity contribution in [1.29, 1.82) is 0 Å². The van der Waals surface area contributed by atoms with E-state index in [2.05, 4.69) is 22.9 Å². The van der Waals surface area contributed by atoms with Crippen molar-refractivity contribution < 1.29 is 9.84 Å². The normalized spacial score (nSPS) is 35.1. The first kappa shape index (κ1) is 12.5. The van der Waals surface area contributed by atoms with Crippen LogP contribution in [0.25, 0.3) is 0 Å². The molecule has 18 heavy (non-hydrogen) atoms. The summed E-state index contributed by atoms with van der Waals surface area (Å²) in [6.45, 7) is 2.28. The Kier molecular flexibility index (Phi) is 3.15. The van der Waals surface area contributed by atoms with Gasteiger partial charge in [-0.25, -0.2) is 0 Å². The minimum atomic E-state index is -0.382. The maximum absolute atomic E-state index is 10.4. The molecule has 0 aromatic heterocycles. The van der Waals surface area contributed by atoms with Gasteiger partial charge in [-0.3, -0.25) is 0 Å². The van der Waals surface area contributed by atoms with Crippen LogP contribution in [0.15, 0.2) is 22.7 Å². The van der Waals surface area contributed by atoms with E-state index in [1.165, 1.54) is 12.8 Å². The Morgan fingerprint density at radius 1 is 1.39 bits per heavy atom. The van der Waals surface area contributed by atoms with Crippen LogP contribution in [0.2, 0.25) is 0 Å². The molecule has 1 saturated carbocycles. The van der Waals surface area contributed by atoms with Gasteiger partial charge in [-0.15, -0.1) is 0 Å². The van der Waals surface area contributed by atoms with Gasteiger partial charge >= 0.3 is 0 Å². The fourth-order valence-corrected chi connectivity index (χ4v) is 3.84. The number of hydrogen-bond acceptors (Lipinski definition) is 2. The van der Waals surface area contributed by atoms with E-state index in [0.717, 1.165) is 35.0 Å². The second-order valence-electron chi connectivity index (χ2n) is 5.89. The van der Waals surface area contributed by atoms with Crippen molar-refractivity contribution in [1.82, 2.24) is 0 Å². The summed E-state index contributed by atoms with van der Waals surface area (Å²) in [5.41, 5.74) is 0.798. The summed E-state index contributed by atoms with van der Waals surface area (Å²) in [6.07, 6.45) is 4.98. The monoisotopic (exact) mass is 310 g/mol. The zero-order chi connectivity index (χ0) is 12.8. The lowest BCUT2D eigenvalue weighted by Crippen LogP contribution is -2.44. The third-order valence-electron chi connectivity index (χ3n) is 4.28. The standard InChI is InChI=1S/C15H19BrO2/c1-10-3-2-6-15(8-10)9-13(17)12-5-4-11(16)7-14(12)18-15/h4-5,7,10,13,17H,2-3,6,8-9H2,1H3/t10?,13-,15?/m0/s1. The highest BCUT2D eigenvalue weighted by Crippen LogP contribution is 2.47. The van der Waals surface area contributed by atoms with Gasteiger partial charge in [0.15, 0.2) is 0 Å². The van der Waals surface area contributed by atoms with Crippen LogP contribution < -0.4 is 4.74 Å². The van der Waals surface area contributed by atoms with Crippen LogP contribution in [0, 0.1) is 5.92 Å². The molecule has 3 rings (SSSR count). The summed E-state index contributed by atoms with van der Waals surface area (Å²) in [7, 11) is 0. The highest BCUT2D eigenvalue weighted by molar-refractivity contribution is 9.10. The molecule has 98 valence electrons. The van der Waals surface area contributed by atoms with E-state index in [1.54, 1.807) is 0 Å². The van der Waals surface area contributed by atoms with Crippen molar-refractivity contribution >= 4 is 15.9 Å². The van der Waals surface area contributed by atoms with E-state index < -0.39 is 0 Å². The van der Waals surface area contributed by atoms with Crippen molar-refractivity contribution in [2.24, 2.45) is 5.92 Å². The van der Waals surface area contributed by atoms with Crippen molar-refractivity contribution in [2.45, 2.75) is 50.7 Å². The second-order valence-corrected chi connectivity index (χ2v) is 6.80. The number of aliphatic hydroxyl groups is 1. The van der Waals surface area contributed by atoms with Crippen LogP contribution in [-0.4, -0.2) is 10.7 Å². The number of ether oxygens (including phenoxy) is 1. The van der Waals surface area contributed by atoms with Crippen molar-refractivity contribution in [3.8, 4) is 5.75 Å². The number of benzene rings is 1. The Labute approximate surface area is 116 Å². The fourth-order valence-electron chi connectivity index (χ4n) is 3.50. The molecule has 1 N–H and O–H groups in total. The third-order valence-corrected chi connectivity index (χ3v) is 4.77. The minimum Gasteiger partial charge on any atom is -0.487 e. The third kappa shape index (κ3) is 2.19. The molecule has 0 radical (unpaired) electrons. The van der Waals surface area contributed by atoms with E-state index in [9.17, 15) is 5.11 Å². The average molecular weight is 311 g/mol. The molecule has 2 unspecified atom stereocenters. The Morgan fingerprint density at radius 2 is 2.22 bits per heavy atom. The SMILES string of the molecule is CC1CCCC2(C1)C[C@H](O)c1ccc(Br)cc1O2. The molecule has 1 spiro atoms. The van der Waals surface area contributed by atoms with Crippen LogP contribution >= 0.6 is 15.9 Å². The molecule has 0 amide bonds. The van der Waals surface area contributed by atoms with Crippen molar-refractivity contribution in [3.05, 3.63) is 28.2 Å². The number of aliphatic hydroxyl groups excluding tert-OH is 1. The molecule has 1 aromatic rings. The molecule has 0 bridgehead atoms. The average Bonchev–Trinajstić information content (AvgIpc) is 2.27. The van der Waals surface area contributed by atoms with Gasteiger partial charge < -0.3 is 9.84 Å². The van der Waals surface area contributed by atoms with Gasteiger partial charge in [-0.1, -0.05) is 35.3 Å². The van der Waals surface area contributed by atoms with Gasteiger partial charge in [0.25, 0.3) is 0 Å². The van der Waals surface area contributed by atoms with Crippen LogP contribution in [-0.2, 0) is 0 Å². The van der Waals surface area contributed by atoms with Crippen molar-refractivity contribution in [2.75, 3.05) is 0 Å². The first-order valence-electron chi connectivity index (χ1n) is 6.74. The Balaban J connectivity index is 1.94. The summed E-state index contributed by atoms with van der Waals surface area (Å²) in [6, 6.07) is 5.91. The molecule has 0 saturated heterocycles. The molecule has 2 nitrogen and oxygen atoms in total. The predicted octanol–water partition coefficient (Wildman–Crippen LogP) is 4.21. The zero-order valence-electron chi connectivity index (χ0n) is 10.7. The number of hydrogen-bond donors (Lipinski definition) is 1. The van der Waals surface area contributed by atoms with Gasteiger partial charge in [-0.05, 0) is 37.3 Å². The molecule has 2 aliphatic rings. The summed E-state index contributed by atoms with van der Waals surface area (Å²) in [5.74, 6) is 1.55.